The number of carbonyl (C=O) groups excluding carboxylic acids is 1. The second-order valence-electron chi connectivity index (χ2n) is 7.39. The summed E-state index contributed by atoms with van der Waals surface area (Å²) < 4.78 is 5.17. The van der Waals surface area contributed by atoms with E-state index in [0.717, 1.165) is 29.9 Å². The summed E-state index contributed by atoms with van der Waals surface area (Å²) in [7, 11) is 0. The van der Waals surface area contributed by atoms with Crippen molar-refractivity contribution in [1.29, 1.82) is 0 Å². The van der Waals surface area contributed by atoms with Crippen molar-refractivity contribution in [3.63, 3.8) is 0 Å². The van der Waals surface area contributed by atoms with Gasteiger partial charge in [0.05, 0.1) is 11.3 Å². The molecule has 0 unspecified atom stereocenters. The Balaban J connectivity index is 1.77. The van der Waals surface area contributed by atoms with Crippen LogP contribution < -0.4 is 10.6 Å². The second-order valence-corrected chi connectivity index (χ2v) is 7.39. The Kier molecular flexibility index (Phi) is 6.27. The number of rotatable bonds is 6. The zero-order valence-electron chi connectivity index (χ0n) is 15.3. The molecule has 3 N–H and O–H groups in total. The summed E-state index contributed by atoms with van der Waals surface area (Å²) in [6, 6.07) is -0.246. The third-order valence-corrected chi connectivity index (χ3v) is 5.24. The summed E-state index contributed by atoms with van der Waals surface area (Å²) >= 11 is 0. The van der Waals surface area contributed by atoms with Crippen LogP contribution >= 0.6 is 0 Å². The SMILES string of the molecule is Cc1noc(C)c1[C@@H](C)CNC(=O)NC[C@@](C)(O)C1CCCCC1. The molecule has 24 heavy (non-hydrogen) atoms. The van der Waals surface area contributed by atoms with Crippen LogP contribution in [0.5, 0.6) is 0 Å². The third kappa shape index (κ3) is 4.72. The number of carbonyl (C=O) groups is 1. The molecule has 0 saturated heterocycles. The topological polar surface area (TPSA) is 87.4 Å². The third-order valence-electron chi connectivity index (χ3n) is 5.24. The fourth-order valence-corrected chi connectivity index (χ4v) is 3.73. The van der Waals surface area contributed by atoms with Gasteiger partial charge in [0.2, 0.25) is 0 Å². The van der Waals surface area contributed by atoms with E-state index in [9.17, 15) is 9.90 Å². The number of amides is 2. The number of aliphatic hydroxyl groups is 1. The molecule has 1 fully saturated rings. The van der Waals surface area contributed by atoms with Gasteiger partial charge in [-0.1, -0.05) is 31.3 Å². The van der Waals surface area contributed by atoms with Gasteiger partial charge in [-0.2, -0.15) is 0 Å². The van der Waals surface area contributed by atoms with Gasteiger partial charge in [-0.25, -0.2) is 4.79 Å². The average molecular weight is 337 g/mol. The molecule has 1 aromatic rings. The molecule has 6 heteroatoms. The number of urea groups is 1. The lowest BCUT2D eigenvalue weighted by molar-refractivity contribution is -0.0130. The second kappa shape index (κ2) is 8.01. The van der Waals surface area contributed by atoms with Crippen molar-refractivity contribution in [2.75, 3.05) is 13.1 Å². The molecule has 6 nitrogen and oxygen atoms in total. The van der Waals surface area contributed by atoms with Crippen molar-refractivity contribution in [3.8, 4) is 0 Å². The molecular weight excluding hydrogens is 306 g/mol. The number of aromatic nitrogens is 1. The summed E-state index contributed by atoms with van der Waals surface area (Å²) in [5, 5.41) is 20.3. The zero-order valence-corrected chi connectivity index (χ0v) is 15.3. The Morgan fingerprint density at radius 2 is 2.00 bits per heavy atom. The van der Waals surface area contributed by atoms with Crippen molar-refractivity contribution in [2.45, 2.75) is 71.3 Å². The van der Waals surface area contributed by atoms with Crippen LogP contribution in [0.1, 0.15) is 68.9 Å². The Morgan fingerprint density at radius 3 is 2.58 bits per heavy atom. The van der Waals surface area contributed by atoms with Crippen molar-refractivity contribution < 1.29 is 14.4 Å². The van der Waals surface area contributed by atoms with Crippen LogP contribution in [0, 0.1) is 19.8 Å². The molecule has 2 rings (SSSR count). The largest absolute Gasteiger partial charge is 0.388 e. The predicted octanol–water partition coefficient (Wildman–Crippen LogP) is 3.03. The van der Waals surface area contributed by atoms with Crippen molar-refractivity contribution >= 4 is 6.03 Å². The summed E-state index contributed by atoms with van der Waals surface area (Å²) in [6.07, 6.45) is 5.67. The molecule has 0 radical (unpaired) electrons. The Morgan fingerprint density at radius 1 is 1.33 bits per heavy atom. The summed E-state index contributed by atoms with van der Waals surface area (Å²) in [4.78, 5) is 12.0. The van der Waals surface area contributed by atoms with Gasteiger partial charge in [0.25, 0.3) is 0 Å². The van der Waals surface area contributed by atoms with E-state index in [1.165, 1.54) is 19.3 Å². The number of hydrogen-bond donors (Lipinski definition) is 3. The van der Waals surface area contributed by atoms with Gasteiger partial charge in [-0.3, -0.25) is 0 Å². The van der Waals surface area contributed by atoms with Crippen molar-refractivity contribution in [2.24, 2.45) is 5.92 Å². The van der Waals surface area contributed by atoms with Crippen LogP contribution in [0.2, 0.25) is 0 Å². The van der Waals surface area contributed by atoms with Gasteiger partial charge < -0.3 is 20.3 Å². The fraction of sp³-hybridized carbons (Fsp3) is 0.778. The van der Waals surface area contributed by atoms with Gasteiger partial charge in [-0.15, -0.1) is 0 Å². The van der Waals surface area contributed by atoms with Gasteiger partial charge in [0, 0.05) is 24.6 Å². The first-order chi connectivity index (χ1) is 11.3. The maximum absolute atomic E-state index is 12.0. The number of hydrogen-bond acceptors (Lipinski definition) is 4. The molecule has 1 heterocycles. The first-order valence-electron chi connectivity index (χ1n) is 8.98. The maximum atomic E-state index is 12.0. The van der Waals surface area contributed by atoms with Crippen molar-refractivity contribution in [3.05, 3.63) is 17.0 Å². The maximum Gasteiger partial charge on any atom is 0.314 e. The number of nitrogens with one attached hydrogen (secondary N) is 2. The van der Waals surface area contributed by atoms with E-state index in [-0.39, 0.29) is 24.4 Å². The highest BCUT2D eigenvalue weighted by Gasteiger charge is 2.33. The minimum atomic E-state index is -0.842. The Hall–Kier alpha value is -1.56. The zero-order chi connectivity index (χ0) is 17.7. The summed E-state index contributed by atoms with van der Waals surface area (Å²) in [6.45, 7) is 8.43. The monoisotopic (exact) mass is 337 g/mol. The molecule has 1 aliphatic rings. The van der Waals surface area contributed by atoms with Crippen LogP contribution in [0.15, 0.2) is 4.52 Å². The number of aryl methyl sites for hydroxylation is 2. The molecule has 2 atom stereocenters. The van der Waals surface area contributed by atoms with Crippen LogP contribution in [-0.2, 0) is 0 Å². The molecule has 0 aliphatic heterocycles. The van der Waals surface area contributed by atoms with E-state index in [1.807, 2.05) is 27.7 Å². The van der Waals surface area contributed by atoms with Crippen LogP contribution in [0.25, 0.3) is 0 Å². The van der Waals surface area contributed by atoms with Crippen molar-refractivity contribution in [1.82, 2.24) is 15.8 Å². The van der Waals surface area contributed by atoms with E-state index in [2.05, 4.69) is 15.8 Å². The lowest BCUT2D eigenvalue weighted by Gasteiger charge is -2.35. The van der Waals surface area contributed by atoms with Gasteiger partial charge in [0.15, 0.2) is 0 Å². The summed E-state index contributed by atoms with van der Waals surface area (Å²) in [5.74, 6) is 1.19. The van der Waals surface area contributed by atoms with E-state index in [4.69, 9.17) is 4.52 Å². The average Bonchev–Trinajstić information content (AvgIpc) is 2.90. The highest BCUT2D eigenvalue weighted by atomic mass is 16.5. The lowest BCUT2D eigenvalue weighted by atomic mass is 9.78. The first kappa shape index (κ1) is 18.8. The molecule has 1 saturated carbocycles. The van der Waals surface area contributed by atoms with Gasteiger partial charge in [-0.05, 0) is 39.5 Å². The Labute approximate surface area is 144 Å². The van der Waals surface area contributed by atoms with E-state index in [1.54, 1.807) is 0 Å². The first-order valence-corrected chi connectivity index (χ1v) is 8.98. The molecule has 1 aliphatic carbocycles. The predicted molar refractivity (Wildman–Crippen MR) is 93.0 cm³/mol. The van der Waals surface area contributed by atoms with Gasteiger partial charge >= 0.3 is 6.03 Å². The minimum absolute atomic E-state index is 0.126. The van der Waals surface area contributed by atoms with E-state index >= 15 is 0 Å². The van der Waals surface area contributed by atoms with Crippen LogP contribution in [0.3, 0.4) is 0 Å². The quantitative estimate of drug-likeness (QED) is 0.744. The fourth-order valence-electron chi connectivity index (χ4n) is 3.73. The van der Waals surface area contributed by atoms with Crippen LogP contribution in [-0.4, -0.2) is 35.0 Å². The molecule has 0 bridgehead atoms. The molecule has 0 spiro atoms. The van der Waals surface area contributed by atoms with Gasteiger partial charge in [0.1, 0.15) is 5.76 Å². The van der Waals surface area contributed by atoms with E-state index in [0.29, 0.717) is 6.54 Å². The highest BCUT2D eigenvalue weighted by Crippen LogP contribution is 2.32. The molecular formula is C18H31N3O3. The minimum Gasteiger partial charge on any atom is -0.388 e. The molecule has 0 aromatic carbocycles. The summed E-state index contributed by atoms with van der Waals surface area (Å²) in [5.41, 5.74) is 1.07. The lowest BCUT2D eigenvalue weighted by Crippen LogP contribution is -2.49. The Bertz CT molecular complexity index is 528. The molecule has 136 valence electrons. The van der Waals surface area contributed by atoms with E-state index < -0.39 is 5.60 Å². The van der Waals surface area contributed by atoms with Crippen LogP contribution in [0.4, 0.5) is 4.79 Å². The number of nitrogens with zero attached hydrogens (tertiary/aromatic N) is 1. The smallest absolute Gasteiger partial charge is 0.314 e. The normalized spacial score (nSPS) is 19.5. The standard InChI is InChI=1S/C18H31N3O3/c1-12(16-13(2)21-24-14(16)3)10-19-17(22)20-11-18(4,23)15-8-6-5-7-9-15/h12,15,23H,5-11H2,1-4H3,(H2,19,20,22)/t12-,18+/m0/s1. The molecule has 1 aromatic heterocycles. The highest BCUT2D eigenvalue weighted by molar-refractivity contribution is 5.74. The molecule has 2 amide bonds.